The van der Waals surface area contributed by atoms with Gasteiger partial charge in [-0.05, 0) is 54.4 Å². The molecule has 3 heterocycles. The van der Waals surface area contributed by atoms with Gasteiger partial charge < -0.3 is 20.4 Å². The molecule has 1 aromatic heterocycles. The van der Waals surface area contributed by atoms with E-state index in [4.69, 9.17) is 22.2 Å². The van der Waals surface area contributed by atoms with Gasteiger partial charge >= 0.3 is 0 Å². The molecule has 7 heteroatoms. The van der Waals surface area contributed by atoms with Crippen LogP contribution in [0.25, 0.3) is 0 Å². The van der Waals surface area contributed by atoms with Gasteiger partial charge in [0.25, 0.3) is 0 Å². The monoisotopic (exact) mass is 438 g/mol. The minimum atomic E-state index is 0.519. The third-order valence-corrected chi connectivity index (χ3v) is 6.28. The Kier molecular flexibility index (Phi) is 6.90. The molecule has 6 nitrogen and oxygen atoms in total. The fourth-order valence-electron chi connectivity index (χ4n) is 4.33. The summed E-state index contributed by atoms with van der Waals surface area (Å²) in [5.41, 5.74) is 2.82. The number of rotatable bonds is 5. The largest absolute Gasteiger partial charge is 0.362 e. The minimum absolute atomic E-state index is 0.519. The average Bonchev–Trinajstić information content (AvgIpc) is 2.77. The molecule has 31 heavy (non-hydrogen) atoms. The molecule has 0 amide bonds. The lowest BCUT2D eigenvalue weighted by Crippen LogP contribution is -2.37. The number of fused-ring (bicyclic) bond motifs is 1. The van der Waals surface area contributed by atoms with Crippen molar-refractivity contribution in [2.45, 2.75) is 46.6 Å². The Labute approximate surface area is 191 Å². The third-order valence-electron chi connectivity index (χ3n) is 6.03. The van der Waals surface area contributed by atoms with E-state index in [-0.39, 0.29) is 0 Å². The van der Waals surface area contributed by atoms with Crippen LogP contribution in [0.1, 0.15) is 44.7 Å². The van der Waals surface area contributed by atoms with Crippen LogP contribution < -0.4 is 20.4 Å². The second-order valence-electron chi connectivity index (χ2n) is 9.27. The fourth-order valence-corrected chi connectivity index (χ4v) is 4.51. The van der Waals surface area contributed by atoms with Crippen molar-refractivity contribution in [3.8, 4) is 0 Å². The first-order valence-corrected chi connectivity index (χ1v) is 11.9. The van der Waals surface area contributed by atoms with Gasteiger partial charge in [0.2, 0.25) is 5.95 Å². The summed E-state index contributed by atoms with van der Waals surface area (Å²) >= 11 is 5.50. The third kappa shape index (κ3) is 5.64. The van der Waals surface area contributed by atoms with Gasteiger partial charge in [-0.15, -0.1) is 0 Å². The van der Waals surface area contributed by atoms with Gasteiger partial charge in [-0.3, -0.25) is 0 Å². The number of nitrogens with zero attached hydrogens (tertiary/aromatic N) is 4. The molecule has 2 N–H and O–H groups in total. The Morgan fingerprint density at radius 1 is 1.13 bits per heavy atom. The Balaban J connectivity index is 1.59. The highest BCUT2D eigenvalue weighted by Gasteiger charge is 2.22. The van der Waals surface area contributed by atoms with E-state index in [1.807, 2.05) is 0 Å². The quantitative estimate of drug-likeness (QED) is 0.678. The van der Waals surface area contributed by atoms with Crippen LogP contribution in [-0.4, -0.2) is 41.3 Å². The van der Waals surface area contributed by atoms with Gasteiger partial charge in [0, 0.05) is 38.8 Å². The van der Waals surface area contributed by atoms with Crippen LogP contribution in [0.15, 0.2) is 30.3 Å². The average molecular weight is 439 g/mol. The Hall–Kier alpha value is -2.41. The molecule has 2 aromatic rings. The van der Waals surface area contributed by atoms with E-state index in [2.05, 4.69) is 71.5 Å². The van der Waals surface area contributed by atoms with Crippen molar-refractivity contribution in [2.75, 3.05) is 41.3 Å². The second-order valence-corrected chi connectivity index (χ2v) is 9.68. The van der Waals surface area contributed by atoms with E-state index in [0.29, 0.717) is 22.9 Å². The van der Waals surface area contributed by atoms with Crippen molar-refractivity contribution in [1.29, 1.82) is 0 Å². The first-order chi connectivity index (χ1) is 15.0. The predicted octanol–water partition coefficient (Wildman–Crippen LogP) is 4.22. The molecule has 0 saturated carbocycles. The fraction of sp³-hybridized carbons (Fsp3) is 0.542. The highest BCUT2D eigenvalue weighted by atomic mass is 32.1. The summed E-state index contributed by atoms with van der Waals surface area (Å²) in [4.78, 5) is 14.5. The van der Waals surface area contributed by atoms with Gasteiger partial charge in [-0.25, -0.2) is 0 Å². The predicted molar refractivity (Wildman–Crippen MR) is 133 cm³/mol. The topological polar surface area (TPSA) is 56.3 Å². The molecule has 0 radical (unpaired) electrons. The first-order valence-electron chi connectivity index (χ1n) is 11.5. The molecule has 166 valence electrons. The van der Waals surface area contributed by atoms with Gasteiger partial charge in [0.05, 0.1) is 0 Å². The number of benzene rings is 1. The van der Waals surface area contributed by atoms with Crippen LogP contribution >= 0.6 is 12.2 Å². The number of thiocarbonyl (C=S) groups is 1. The number of hydrogen-bond donors (Lipinski definition) is 2. The Morgan fingerprint density at radius 3 is 2.61 bits per heavy atom. The van der Waals surface area contributed by atoms with Crippen LogP contribution in [0.3, 0.4) is 0 Å². The molecule has 1 fully saturated rings. The van der Waals surface area contributed by atoms with Gasteiger partial charge in [0.15, 0.2) is 5.11 Å². The summed E-state index contributed by atoms with van der Waals surface area (Å²) in [5.74, 6) is 3.73. The molecule has 2 aliphatic rings. The smallest absolute Gasteiger partial charge is 0.232 e. The second kappa shape index (κ2) is 9.81. The summed E-state index contributed by atoms with van der Waals surface area (Å²) in [6.45, 7) is 11.4. The molecule has 4 rings (SSSR count). The first kappa shape index (κ1) is 21.8. The van der Waals surface area contributed by atoms with Crippen LogP contribution in [0.4, 0.5) is 17.6 Å². The van der Waals surface area contributed by atoms with E-state index in [1.165, 1.54) is 24.0 Å². The van der Waals surface area contributed by atoms with Crippen LogP contribution in [0.5, 0.6) is 0 Å². The molecule has 0 spiro atoms. The van der Waals surface area contributed by atoms with Gasteiger partial charge in [-0.2, -0.15) is 9.97 Å². The molecule has 0 aliphatic carbocycles. The van der Waals surface area contributed by atoms with E-state index < -0.39 is 0 Å². The number of piperidine rings is 1. The Bertz CT molecular complexity index is 915. The minimum Gasteiger partial charge on any atom is -0.362 e. The van der Waals surface area contributed by atoms with Crippen molar-refractivity contribution in [1.82, 2.24) is 15.3 Å². The molecular formula is C24H34N6S. The van der Waals surface area contributed by atoms with Crippen molar-refractivity contribution >= 4 is 34.9 Å². The molecular weight excluding hydrogens is 404 g/mol. The maximum atomic E-state index is 5.50. The van der Waals surface area contributed by atoms with Crippen LogP contribution in [0.2, 0.25) is 0 Å². The van der Waals surface area contributed by atoms with E-state index in [9.17, 15) is 0 Å². The molecule has 1 atom stereocenters. The van der Waals surface area contributed by atoms with Gasteiger partial charge in [0.1, 0.15) is 11.6 Å². The van der Waals surface area contributed by atoms with Crippen LogP contribution in [-0.2, 0) is 13.0 Å². The number of hydrogen-bond acceptors (Lipinski definition) is 5. The number of anilines is 3. The normalized spacial score (nSPS) is 18.6. The van der Waals surface area contributed by atoms with E-state index in [1.54, 1.807) is 0 Å². The van der Waals surface area contributed by atoms with Crippen molar-refractivity contribution in [3.05, 3.63) is 41.5 Å². The lowest BCUT2D eigenvalue weighted by molar-refractivity contribution is 0.444. The summed E-state index contributed by atoms with van der Waals surface area (Å²) < 4.78 is 0. The van der Waals surface area contributed by atoms with Crippen molar-refractivity contribution < 1.29 is 0 Å². The zero-order valence-corrected chi connectivity index (χ0v) is 19.7. The van der Waals surface area contributed by atoms with Crippen molar-refractivity contribution in [3.63, 3.8) is 0 Å². The maximum absolute atomic E-state index is 5.50. The van der Waals surface area contributed by atoms with Gasteiger partial charge in [-0.1, -0.05) is 45.0 Å². The summed E-state index contributed by atoms with van der Waals surface area (Å²) in [7, 11) is 0. The summed E-state index contributed by atoms with van der Waals surface area (Å²) in [6, 6.07) is 10.9. The lowest BCUT2D eigenvalue weighted by Gasteiger charge is -2.34. The SMILES string of the molecule is CC(C)CNC(=S)Nc1nc(N2CCc3ccccc3C2)cc(N2CCC[C@H](C)C2)n1. The van der Waals surface area contributed by atoms with Crippen molar-refractivity contribution in [2.24, 2.45) is 11.8 Å². The highest BCUT2D eigenvalue weighted by molar-refractivity contribution is 7.80. The number of aromatic nitrogens is 2. The lowest BCUT2D eigenvalue weighted by atomic mass is 10.00. The molecule has 0 unspecified atom stereocenters. The van der Waals surface area contributed by atoms with E-state index in [0.717, 1.165) is 50.8 Å². The maximum Gasteiger partial charge on any atom is 0.232 e. The molecule has 1 saturated heterocycles. The Morgan fingerprint density at radius 2 is 1.87 bits per heavy atom. The van der Waals surface area contributed by atoms with E-state index >= 15 is 0 Å². The highest BCUT2D eigenvalue weighted by Crippen LogP contribution is 2.29. The zero-order chi connectivity index (χ0) is 21.8. The molecule has 1 aromatic carbocycles. The van der Waals surface area contributed by atoms with Crippen LogP contribution in [0, 0.1) is 11.8 Å². The number of nitrogens with one attached hydrogen (secondary N) is 2. The zero-order valence-electron chi connectivity index (χ0n) is 18.9. The standard InChI is InChI=1S/C24H34N6S/c1-17(2)14-25-24(31)28-23-26-21(29-11-6-7-18(3)15-29)13-22(27-23)30-12-10-19-8-4-5-9-20(19)16-30/h4-5,8-9,13,17-18H,6-7,10-12,14-16H2,1-3H3,(H2,25,26,27,28,31)/t18-/m0/s1. The molecule has 2 aliphatic heterocycles. The summed E-state index contributed by atoms with van der Waals surface area (Å²) in [6.07, 6.45) is 3.52. The molecule has 0 bridgehead atoms. The summed E-state index contributed by atoms with van der Waals surface area (Å²) in [5, 5.41) is 7.07.